The van der Waals surface area contributed by atoms with E-state index in [0.29, 0.717) is 32.1 Å². The molecule has 0 radical (unpaired) electrons. The molecule has 6 heteroatoms. The number of carbonyl (C=O) groups excluding carboxylic acids is 1. The summed E-state index contributed by atoms with van der Waals surface area (Å²) in [6.45, 7) is 6.33. The fourth-order valence-corrected chi connectivity index (χ4v) is 3.33. The SMILES string of the molecule is CC(C)[C@@H]1CN(C(=O)C2CCOCC2)Cc2ccc(C(=O)O)cc2O1. The largest absolute Gasteiger partial charge is 0.488 e. The van der Waals surface area contributed by atoms with Gasteiger partial charge >= 0.3 is 5.97 Å². The van der Waals surface area contributed by atoms with Gasteiger partial charge in [0.2, 0.25) is 5.91 Å². The zero-order valence-electron chi connectivity index (χ0n) is 14.7. The molecule has 2 aliphatic rings. The summed E-state index contributed by atoms with van der Waals surface area (Å²) in [6, 6.07) is 4.89. The van der Waals surface area contributed by atoms with Gasteiger partial charge in [0.05, 0.1) is 12.1 Å². The number of rotatable bonds is 3. The Morgan fingerprint density at radius 3 is 2.60 bits per heavy atom. The van der Waals surface area contributed by atoms with Crippen molar-refractivity contribution in [3.05, 3.63) is 29.3 Å². The van der Waals surface area contributed by atoms with Gasteiger partial charge in [-0.3, -0.25) is 4.79 Å². The van der Waals surface area contributed by atoms with Crippen LogP contribution in [-0.4, -0.2) is 47.7 Å². The van der Waals surface area contributed by atoms with Gasteiger partial charge in [-0.2, -0.15) is 0 Å². The van der Waals surface area contributed by atoms with Crippen LogP contribution in [0.3, 0.4) is 0 Å². The second-order valence-electron chi connectivity index (χ2n) is 7.13. The zero-order valence-corrected chi connectivity index (χ0v) is 14.7. The van der Waals surface area contributed by atoms with Crippen molar-refractivity contribution in [3.63, 3.8) is 0 Å². The summed E-state index contributed by atoms with van der Waals surface area (Å²) in [7, 11) is 0. The first-order valence-electron chi connectivity index (χ1n) is 8.85. The normalized spacial score (nSPS) is 21.4. The molecule has 0 saturated carbocycles. The number of hydrogen-bond donors (Lipinski definition) is 1. The molecule has 25 heavy (non-hydrogen) atoms. The summed E-state index contributed by atoms with van der Waals surface area (Å²) in [5.41, 5.74) is 1.05. The van der Waals surface area contributed by atoms with Gasteiger partial charge in [-0.15, -0.1) is 0 Å². The number of ether oxygens (including phenoxy) is 2. The van der Waals surface area contributed by atoms with E-state index < -0.39 is 5.97 Å². The summed E-state index contributed by atoms with van der Waals surface area (Å²) in [5.74, 6) is -0.0497. The second-order valence-corrected chi connectivity index (χ2v) is 7.13. The second kappa shape index (κ2) is 7.44. The first kappa shape index (κ1) is 17.7. The van der Waals surface area contributed by atoms with Crippen molar-refractivity contribution in [1.29, 1.82) is 0 Å². The third-order valence-electron chi connectivity index (χ3n) is 4.98. The first-order chi connectivity index (χ1) is 12.0. The van der Waals surface area contributed by atoms with Gasteiger partial charge in [0.25, 0.3) is 0 Å². The molecule has 1 aromatic rings. The maximum absolute atomic E-state index is 13.0. The molecule has 1 amide bonds. The van der Waals surface area contributed by atoms with E-state index in [4.69, 9.17) is 9.47 Å². The summed E-state index contributed by atoms with van der Waals surface area (Å²) >= 11 is 0. The number of aromatic carboxylic acids is 1. The first-order valence-corrected chi connectivity index (χ1v) is 8.85. The highest BCUT2D eigenvalue weighted by atomic mass is 16.5. The van der Waals surface area contributed by atoms with Crippen molar-refractivity contribution < 1.29 is 24.2 Å². The van der Waals surface area contributed by atoms with Crippen LogP contribution < -0.4 is 4.74 Å². The molecule has 0 unspecified atom stereocenters. The summed E-state index contributed by atoms with van der Waals surface area (Å²) in [4.78, 5) is 26.1. The standard InChI is InChI=1S/C19H25NO5/c1-12(2)17-11-20(18(21)13-5-7-24-8-6-13)10-15-4-3-14(19(22)23)9-16(15)25-17/h3-4,9,12-13,17H,5-8,10-11H2,1-2H3,(H,22,23)/t17-/m0/s1. The fourth-order valence-electron chi connectivity index (χ4n) is 3.33. The number of carbonyl (C=O) groups is 2. The van der Waals surface area contributed by atoms with Crippen molar-refractivity contribution >= 4 is 11.9 Å². The van der Waals surface area contributed by atoms with E-state index in [0.717, 1.165) is 18.4 Å². The van der Waals surface area contributed by atoms with Crippen LogP contribution in [0.15, 0.2) is 18.2 Å². The van der Waals surface area contributed by atoms with Crippen molar-refractivity contribution in [2.75, 3.05) is 19.8 Å². The predicted octanol–water partition coefficient (Wildman–Crippen LogP) is 2.56. The Bertz CT molecular complexity index is 651. The van der Waals surface area contributed by atoms with E-state index in [-0.39, 0.29) is 29.4 Å². The molecule has 1 atom stereocenters. The molecule has 2 aliphatic heterocycles. The van der Waals surface area contributed by atoms with Crippen molar-refractivity contribution in [3.8, 4) is 5.75 Å². The molecular weight excluding hydrogens is 322 g/mol. The summed E-state index contributed by atoms with van der Waals surface area (Å²) in [6.07, 6.45) is 1.36. The Kier molecular flexibility index (Phi) is 5.27. The highest BCUT2D eigenvalue weighted by Crippen LogP contribution is 2.30. The van der Waals surface area contributed by atoms with Crippen LogP contribution >= 0.6 is 0 Å². The van der Waals surface area contributed by atoms with Gasteiger partial charge in [0.1, 0.15) is 11.9 Å². The molecule has 0 bridgehead atoms. The molecule has 0 spiro atoms. The molecule has 1 aromatic carbocycles. The molecule has 1 fully saturated rings. The van der Waals surface area contributed by atoms with Crippen molar-refractivity contribution in [2.45, 2.75) is 39.3 Å². The van der Waals surface area contributed by atoms with Gasteiger partial charge in [-0.25, -0.2) is 4.79 Å². The number of fused-ring (bicyclic) bond motifs is 1. The van der Waals surface area contributed by atoms with Crippen LogP contribution in [0.4, 0.5) is 0 Å². The van der Waals surface area contributed by atoms with Crippen LogP contribution in [-0.2, 0) is 16.1 Å². The molecule has 3 rings (SSSR count). The minimum atomic E-state index is -0.980. The topological polar surface area (TPSA) is 76.1 Å². The Hall–Kier alpha value is -2.08. The molecule has 1 N–H and O–H groups in total. The quantitative estimate of drug-likeness (QED) is 0.909. The maximum Gasteiger partial charge on any atom is 0.335 e. The average Bonchev–Trinajstić information content (AvgIpc) is 2.80. The summed E-state index contributed by atoms with van der Waals surface area (Å²) in [5, 5.41) is 9.21. The lowest BCUT2D eigenvalue weighted by Crippen LogP contribution is -2.43. The fraction of sp³-hybridized carbons (Fsp3) is 0.579. The average molecular weight is 347 g/mol. The van der Waals surface area contributed by atoms with E-state index >= 15 is 0 Å². The van der Waals surface area contributed by atoms with E-state index in [9.17, 15) is 14.7 Å². The smallest absolute Gasteiger partial charge is 0.335 e. The number of hydrogen-bond acceptors (Lipinski definition) is 4. The monoisotopic (exact) mass is 347 g/mol. The van der Waals surface area contributed by atoms with Gasteiger partial charge < -0.3 is 19.5 Å². The molecular formula is C19H25NO5. The maximum atomic E-state index is 13.0. The lowest BCUT2D eigenvalue weighted by molar-refractivity contribution is -0.140. The lowest BCUT2D eigenvalue weighted by atomic mass is 9.97. The molecule has 6 nitrogen and oxygen atoms in total. The third-order valence-corrected chi connectivity index (χ3v) is 4.98. The number of amides is 1. The van der Waals surface area contributed by atoms with Gasteiger partial charge in [-0.05, 0) is 30.9 Å². The van der Waals surface area contributed by atoms with Gasteiger partial charge in [0, 0.05) is 31.2 Å². The summed E-state index contributed by atoms with van der Waals surface area (Å²) < 4.78 is 11.5. The lowest BCUT2D eigenvalue weighted by Gasteiger charge is -2.30. The highest BCUT2D eigenvalue weighted by molar-refractivity contribution is 5.88. The Morgan fingerprint density at radius 2 is 1.96 bits per heavy atom. The van der Waals surface area contributed by atoms with Crippen LogP contribution in [0.5, 0.6) is 5.75 Å². The number of carboxylic acids is 1. The van der Waals surface area contributed by atoms with E-state index in [1.54, 1.807) is 18.2 Å². The van der Waals surface area contributed by atoms with E-state index in [1.807, 2.05) is 18.7 Å². The molecule has 0 aliphatic carbocycles. The highest BCUT2D eigenvalue weighted by Gasteiger charge is 2.32. The van der Waals surface area contributed by atoms with Crippen LogP contribution in [0, 0.1) is 11.8 Å². The number of benzene rings is 1. The van der Waals surface area contributed by atoms with Crippen LogP contribution in [0.1, 0.15) is 42.6 Å². The van der Waals surface area contributed by atoms with Crippen molar-refractivity contribution in [1.82, 2.24) is 4.90 Å². The Balaban J connectivity index is 1.87. The predicted molar refractivity (Wildman–Crippen MR) is 91.6 cm³/mol. The minimum absolute atomic E-state index is 0.00130. The molecule has 136 valence electrons. The minimum Gasteiger partial charge on any atom is -0.488 e. The molecule has 2 heterocycles. The molecule has 0 aromatic heterocycles. The van der Waals surface area contributed by atoms with Crippen LogP contribution in [0.25, 0.3) is 0 Å². The molecule has 1 saturated heterocycles. The van der Waals surface area contributed by atoms with Gasteiger partial charge in [0.15, 0.2) is 0 Å². The van der Waals surface area contributed by atoms with E-state index in [2.05, 4.69) is 0 Å². The van der Waals surface area contributed by atoms with Crippen LogP contribution in [0.2, 0.25) is 0 Å². The third kappa shape index (κ3) is 3.95. The Morgan fingerprint density at radius 1 is 1.24 bits per heavy atom. The Labute approximate surface area is 147 Å². The number of carboxylic acid groups (broad SMARTS) is 1. The zero-order chi connectivity index (χ0) is 18.0. The number of nitrogens with zero attached hydrogens (tertiary/aromatic N) is 1. The van der Waals surface area contributed by atoms with E-state index in [1.165, 1.54) is 0 Å². The van der Waals surface area contributed by atoms with Crippen molar-refractivity contribution in [2.24, 2.45) is 11.8 Å². The van der Waals surface area contributed by atoms with Gasteiger partial charge in [-0.1, -0.05) is 19.9 Å².